The van der Waals surface area contributed by atoms with Crippen molar-refractivity contribution >= 4 is 18.9 Å². The molecule has 0 aliphatic rings. The molecule has 0 aromatic heterocycles. The van der Waals surface area contributed by atoms with Crippen LogP contribution < -0.4 is 0 Å². The Morgan fingerprint density at radius 1 is 1.86 bits per heavy atom. The normalized spacial score (nSPS) is 13.4. The molecule has 0 heterocycles. The lowest BCUT2D eigenvalue weighted by Crippen LogP contribution is -1.89. The zero-order valence-corrected chi connectivity index (χ0v) is 5.32. The van der Waals surface area contributed by atoms with E-state index in [4.69, 9.17) is 0 Å². The van der Waals surface area contributed by atoms with E-state index in [9.17, 15) is 4.79 Å². The first kappa shape index (κ1) is 7.02. The van der Waals surface area contributed by atoms with Gasteiger partial charge < -0.3 is 4.79 Å². The van der Waals surface area contributed by atoms with Crippen LogP contribution in [-0.2, 0) is 4.79 Å². The zero-order chi connectivity index (χ0) is 5.70. The molecular weight excluding hydrogens is 108 g/mol. The molecule has 1 unspecified atom stereocenters. The Kier molecular flexibility index (Phi) is 4.20. The van der Waals surface area contributed by atoms with Gasteiger partial charge in [-0.05, 0) is 11.7 Å². The third-order valence-corrected chi connectivity index (χ3v) is 0.960. The van der Waals surface area contributed by atoms with E-state index in [0.29, 0.717) is 11.7 Å². The van der Waals surface area contributed by atoms with Crippen molar-refractivity contribution in [3.63, 3.8) is 0 Å². The van der Waals surface area contributed by atoms with E-state index >= 15 is 0 Å². The Bertz CT molecular complexity index is 52.0. The van der Waals surface area contributed by atoms with Crippen LogP contribution in [0.5, 0.6) is 0 Å². The van der Waals surface area contributed by atoms with Gasteiger partial charge in [-0.3, -0.25) is 0 Å². The van der Waals surface area contributed by atoms with Crippen LogP contribution in [0.4, 0.5) is 0 Å². The second kappa shape index (κ2) is 4.19. The summed E-state index contributed by atoms with van der Waals surface area (Å²) in [6, 6.07) is 0. The van der Waals surface area contributed by atoms with Crippen molar-refractivity contribution in [2.24, 2.45) is 0 Å². The molecule has 2 heteroatoms. The Hall–Kier alpha value is 0.0200. The fourth-order valence-corrected chi connectivity index (χ4v) is 0.458. The first-order valence-corrected chi connectivity index (χ1v) is 2.90. The number of rotatable bonds is 3. The summed E-state index contributed by atoms with van der Waals surface area (Å²) in [6.07, 6.45) is 2.46. The predicted octanol–water partition coefficient (Wildman–Crippen LogP) is 1.28. The summed E-state index contributed by atoms with van der Waals surface area (Å²) in [4.78, 5) is 9.68. The Morgan fingerprint density at radius 3 is 2.57 bits per heavy atom. The van der Waals surface area contributed by atoms with Crippen molar-refractivity contribution in [2.45, 2.75) is 25.0 Å². The molecular formula is C5H10OS. The molecule has 7 heavy (non-hydrogen) atoms. The summed E-state index contributed by atoms with van der Waals surface area (Å²) in [5, 5.41) is 0.366. The highest BCUT2D eigenvalue weighted by molar-refractivity contribution is 7.80. The lowest BCUT2D eigenvalue weighted by atomic mass is 10.3. The molecule has 0 aliphatic carbocycles. The van der Waals surface area contributed by atoms with Crippen LogP contribution in [0.25, 0.3) is 0 Å². The van der Waals surface area contributed by atoms with Crippen LogP contribution in [0.15, 0.2) is 0 Å². The monoisotopic (exact) mass is 118 g/mol. The fourth-order valence-electron chi connectivity index (χ4n) is 0.309. The molecule has 0 amide bonds. The fraction of sp³-hybridized carbons (Fsp3) is 0.800. The van der Waals surface area contributed by atoms with Gasteiger partial charge in [0.05, 0.1) is 0 Å². The number of hydrogen-bond acceptors (Lipinski definition) is 2. The summed E-state index contributed by atoms with van der Waals surface area (Å²) in [7, 11) is 0. The Morgan fingerprint density at radius 2 is 2.43 bits per heavy atom. The standard InChI is InChI=1S/C5H10OS/c1-5(7)3-2-4-6/h4-5,7H,2-3H2,1H3. The molecule has 0 aromatic carbocycles. The highest BCUT2D eigenvalue weighted by Crippen LogP contribution is 1.99. The van der Waals surface area contributed by atoms with E-state index in [1.54, 1.807) is 0 Å². The molecule has 0 aliphatic heterocycles. The largest absolute Gasteiger partial charge is 0.303 e. The summed E-state index contributed by atoms with van der Waals surface area (Å²) in [6.45, 7) is 1.98. The van der Waals surface area contributed by atoms with Gasteiger partial charge in [0, 0.05) is 6.42 Å². The number of hydrogen-bond donors (Lipinski definition) is 1. The van der Waals surface area contributed by atoms with Crippen molar-refractivity contribution in [3.05, 3.63) is 0 Å². The maximum Gasteiger partial charge on any atom is 0.120 e. The maximum absolute atomic E-state index is 9.68. The van der Waals surface area contributed by atoms with Crippen LogP contribution in [0.3, 0.4) is 0 Å². The highest BCUT2D eigenvalue weighted by atomic mass is 32.1. The van der Waals surface area contributed by atoms with E-state index in [1.165, 1.54) is 0 Å². The molecule has 0 spiro atoms. The molecule has 0 saturated heterocycles. The van der Waals surface area contributed by atoms with Gasteiger partial charge in [-0.25, -0.2) is 0 Å². The molecule has 0 bridgehead atoms. The lowest BCUT2D eigenvalue weighted by molar-refractivity contribution is -0.107. The third kappa shape index (κ3) is 6.02. The highest BCUT2D eigenvalue weighted by Gasteiger charge is 1.89. The zero-order valence-electron chi connectivity index (χ0n) is 4.42. The van der Waals surface area contributed by atoms with Crippen molar-refractivity contribution in [2.75, 3.05) is 0 Å². The van der Waals surface area contributed by atoms with Crippen LogP contribution in [0.2, 0.25) is 0 Å². The molecule has 1 atom stereocenters. The molecule has 0 rings (SSSR count). The van der Waals surface area contributed by atoms with Crippen molar-refractivity contribution < 1.29 is 4.79 Å². The van der Waals surface area contributed by atoms with Crippen molar-refractivity contribution in [1.29, 1.82) is 0 Å². The first-order chi connectivity index (χ1) is 3.27. The average molecular weight is 118 g/mol. The lowest BCUT2D eigenvalue weighted by Gasteiger charge is -1.94. The molecule has 0 saturated carbocycles. The first-order valence-electron chi connectivity index (χ1n) is 2.39. The van der Waals surface area contributed by atoms with Gasteiger partial charge in [-0.1, -0.05) is 6.92 Å². The number of carbonyl (C=O) groups is 1. The van der Waals surface area contributed by atoms with Gasteiger partial charge in [0.25, 0.3) is 0 Å². The quantitative estimate of drug-likeness (QED) is 0.436. The van der Waals surface area contributed by atoms with E-state index in [1.807, 2.05) is 6.92 Å². The minimum Gasteiger partial charge on any atom is -0.303 e. The van der Waals surface area contributed by atoms with Gasteiger partial charge >= 0.3 is 0 Å². The maximum atomic E-state index is 9.68. The summed E-state index contributed by atoms with van der Waals surface area (Å²) >= 11 is 4.07. The summed E-state index contributed by atoms with van der Waals surface area (Å²) < 4.78 is 0. The molecule has 0 radical (unpaired) electrons. The van der Waals surface area contributed by atoms with Crippen molar-refractivity contribution in [3.8, 4) is 0 Å². The average Bonchev–Trinajstić information content (AvgIpc) is 1.61. The van der Waals surface area contributed by atoms with Gasteiger partial charge in [0.2, 0.25) is 0 Å². The molecule has 1 nitrogen and oxygen atoms in total. The number of aldehydes is 1. The Labute approximate surface area is 49.5 Å². The second-order valence-electron chi connectivity index (χ2n) is 1.59. The SMILES string of the molecule is CC(S)CCC=O. The predicted molar refractivity (Wildman–Crippen MR) is 33.7 cm³/mol. The minimum absolute atomic E-state index is 0.366. The Balaban J connectivity index is 2.81. The van der Waals surface area contributed by atoms with E-state index < -0.39 is 0 Å². The van der Waals surface area contributed by atoms with E-state index in [0.717, 1.165) is 12.7 Å². The topological polar surface area (TPSA) is 17.1 Å². The van der Waals surface area contributed by atoms with E-state index in [2.05, 4.69) is 12.6 Å². The number of thiol groups is 1. The van der Waals surface area contributed by atoms with Crippen LogP contribution >= 0.6 is 12.6 Å². The van der Waals surface area contributed by atoms with Crippen LogP contribution in [0.1, 0.15) is 19.8 Å². The minimum atomic E-state index is 0.366. The van der Waals surface area contributed by atoms with E-state index in [-0.39, 0.29) is 0 Å². The molecule has 0 fully saturated rings. The number of carbonyl (C=O) groups excluding carboxylic acids is 1. The van der Waals surface area contributed by atoms with Gasteiger partial charge in [0.15, 0.2) is 0 Å². The van der Waals surface area contributed by atoms with Crippen molar-refractivity contribution in [1.82, 2.24) is 0 Å². The smallest absolute Gasteiger partial charge is 0.120 e. The molecule has 0 aromatic rings. The van der Waals surface area contributed by atoms with Gasteiger partial charge in [-0.2, -0.15) is 12.6 Å². The molecule has 0 N–H and O–H groups in total. The molecule has 42 valence electrons. The second-order valence-corrected chi connectivity index (χ2v) is 2.47. The summed E-state index contributed by atoms with van der Waals surface area (Å²) in [5.74, 6) is 0. The third-order valence-electron chi connectivity index (χ3n) is 0.702. The van der Waals surface area contributed by atoms with Crippen LogP contribution in [-0.4, -0.2) is 11.5 Å². The van der Waals surface area contributed by atoms with Gasteiger partial charge in [0.1, 0.15) is 6.29 Å². The van der Waals surface area contributed by atoms with Gasteiger partial charge in [-0.15, -0.1) is 0 Å². The van der Waals surface area contributed by atoms with Crippen LogP contribution in [0, 0.1) is 0 Å². The summed E-state index contributed by atoms with van der Waals surface area (Å²) in [5.41, 5.74) is 0.